The summed E-state index contributed by atoms with van der Waals surface area (Å²) in [5.41, 5.74) is 1.51. The van der Waals surface area contributed by atoms with Gasteiger partial charge in [-0.2, -0.15) is 0 Å². The summed E-state index contributed by atoms with van der Waals surface area (Å²) < 4.78 is 26.7. The molecule has 4 N–H and O–H groups in total. The van der Waals surface area contributed by atoms with E-state index in [4.69, 9.17) is 5.11 Å². The lowest BCUT2D eigenvalue weighted by Gasteiger charge is -2.36. The number of carbonyl (C=O) groups excluding carboxylic acids is 2. The van der Waals surface area contributed by atoms with Crippen molar-refractivity contribution in [2.24, 2.45) is 0 Å². The minimum atomic E-state index is -4.73. The van der Waals surface area contributed by atoms with Gasteiger partial charge in [0.15, 0.2) is 0 Å². The highest BCUT2D eigenvalue weighted by Gasteiger charge is 2.34. The fourth-order valence-electron chi connectivity index (χ4n) is 4.93. The molecule has 1 aliphatic heterocycles. The number of pyridine rings is 1. The van der Waals surface area contributed by atoms with E-state index in [0.29, 0.717) is 38.0 Å². The van der Waals surface area contributed by atoms with Gasteiger partial charge >= 0.3 is 13.6 Å². The Labute approximate surface area is 248 Å². The summed E-state index contributed by atoms with van der Waals surface area (Å²) in [5.74, 6) is -2.85. The highest BCUT2D eigenvalue weighted by Crippen LogP contribution is 2.35. The fraction of sp³-hybridized carbons (Fsp3) is 0.333. The van der Waals surface area contributed by atoms with E-state index < -0.39 is 43.4 Å². The predicted octanol–water partition coefficient (Wildman–Crippen LogP) is 3.23. The number of rotatable bonds is 12. The lowest BCUT2D eigenvalue weighted by molar-refractivity contribution is -0.137. The Balaban J connectivity index is 1.53. The molecule has 11 nitrogen and oxygen atoms in total. The molecule has 43 heavy (non-hydrogen) atoms. The summed E-state index contributed by atoms with van der Waals surface area (Å²) in [6, 6.07) is 16.7. The lowest BCUT2D eigenvalue weighted by Crippen LogP contribution is -2.56. The van der Waals surface area contributed by atoms with Gasteiger partial charge in [0.25, 0.3) is 5.91 Å². The number of carbonyl (C=O) groups is 3. The highest BCUT2D eigenvalue weighted by molar-refractivity contribution is 7.51. The quantitative estimate of drug-likeness (QED) is 0.178. The van der Waals surface area contributed by atoms with Gasteiger partial charge in [0, 0.05) is 38.2 Å². The van der Waals surface area contributed by atoms with Gasteiger partial charge < -0.3 is 25.1 Å². The molecule has 13 heteroatoms. The van der Waals surface area contributed by atoms with Crippen molar-refractivity contribution in [3.8, 4) is 22.4 Å². The zero-order valence-corrected chi connectivity index (χ0v) is 24.3. The molecule has 0 spiro atoms. The Morgan fingerprint density at radius 3 is 2.26 bits per heavy atom. The number of piperazine rings is 1. The molecule has 1 fully saturated rings. The molecule has 0 bridgehead atoms. The summed E-state index contributed by atoms with van der Waals surface area (Å²) >= 11 is 0. The van der Waals surface area contributed by atoms with Gasteiger partial charge in [-0.1, -0.05) is 42.5 Å². The normalized spacial score (nSPS) is 14.7. The largest absolute Gasteiger partial charge is 0.481 e. The van der Waals surface area contributed by atoms with Crippen LogP contribution in [0, 0.1) is 5.82 Å². The summed E-state index contributed by atoms with van der Waals surface area (Å²) in [7, 11) is -4.73. The number of amides is 2. The molecule has 2 heterocycles. The van der Waals surface area contributed by atoms with E-state index in [0.717, 1.165) is 5.56 Å². The van der Waals surface area contributed by atoms with Crippen LogP contribution >= 0.6 is 7.60 Å². The van der Waals surface area contributed by atoms with Gasteiger partial charge in [0.1, 0.15) is 17.6 Å². The zero-order chi connectivity index (χ0) is 31.0. The molecule has 0 unspecified atom stereocenters. The Morgan fingerprint density at radius 1 is 0.930 bits per heavy atom. The molecule has 228 valence electrons. The number of carboxylic acids is 1. The minimum Gasteiger partial charge on any atom is -0.481 e. The van der Waals surface area contributed by atoms with Crippen LogP contribution in [0.5, 0.6) is 0 Å². The van der Waals surface area contributed by atoms with Crippen LogP contribution in [0.2, 0.25) is 0 Å². The van der Waals surface area contributed by atoms with Crippen LogP contribution in [-0.4, -0.2) is 92.4 Å². The first-order valence-corrected chi connectivity index (χ1v) is 15.7. The van der Waals surface area contributed by atoms with Crippen LogP contribution in [0.25, 0.3) is 22.4 Å². The lowest BCUT2D eigenvalue weighted by atomic mass is 10.0. The van der Waals surface area contributed by atoms with Crippen molar-refractivity contribution in [2.45, 2.75) is 25.3 Å². The molecule has 2 amide bonds. The van der Waals surface area contributed by atoms with E-state index in [1.165, 1.54) is 29.2 Å². The third-order valence-corrected chi connectivity index (χ3v) is 7.98. The molecule has 1 atom stereocenters. The number of unbranched alkanes of at least 4 members (excludes halogenated alkanes) is 1. The smallest absolute Gasteiger partial charge is 0.328 e. The number of benzene rings is 2. The molecule has 1 saturated heterocycles. The predicted molar refractivity (Wildman–Crippen MR) is 158 cm³/mol. The van der Waals surface area contributed by atoms with Gasteiger partial charge in [-0.15, -0.1) is 0 Å². The summed E-state index contributed by atoms with van der Waals surface area (Å²) in [5, 5.41) is 11.3. The maximum atomic E-state index is 14.7. The van der Waals surface area contributed by atoms with E-state index in [-0.39, 0.29) is 36.5 Å². The molecule has 0 saturated carbocycles. The summed E-state index contributed by atoms with van der Waals surface area (Å²) in [6.07, 6.45) is 0.433. The standard InChI is InChI=1S/C30H34FN4O7P/c31-24-11-5-4-10-23(24)25-18-22(21-8-2-1-3-9-21)19-26(32-25)29(38)33-27(20-43(40,41)42)30(39)35-16-14-34(15-17-35)13-7-6-12-28(36)37/h1-5,8-11,18-19,27H,6-7,12-17,20H2,(H,33,38)(H,36,37)(H2,40,41,42)/t27-/m0/s1. The van der Waals surface area contributed by atoms with E-state index >= 15 is 0 Å². The monoisotopic (exact) mass is 612 g/mol. The Kier molecular flexibility index (Phi) is 10.8. The van der Waals surface area contributed by atoms with Gasteiger partial charge in [-0.05, 0) is 54.8 Å². The van der Waals surface area contributed by atoms with Crippen LogP contribution < -0.4 is 5.32 Å². The fourth-order valence-corrected chi connectivity index (χ4v) is 5.65. The highest BCUT2D eigenvalue weighted by atomic mass is 31.2. The second kappa shape index (κ2) is 14.5. The number of carboxylic acid groups (broad SMARTS) is 1. The zero-order valence-electron chi connectivity index (χ0n) is 23.4. The maximum absolute atomic E-state index is 14.7. The van der Waals surface area contributed by atoms with Crippen molar-refractivity contribution < 1.29 is 38.2 Å². The number of hydrogen-bond acceptors (Lipinski definition) is 6. The van der Waals surface area contributed by atoms with Crippen LogP contribution in [0.3, 0.4) is 0 Å². The van der Waals surface area contributed by atoms with E-state index in [1.54, 1.807) is 12.1 Å². The van der Waals surface area contributed by atoms with Crippen molar-refractivity contribution >= 4 is 25.4 Å². The Morgan fingerprint density at radius 2 is 1.60 bits per heavy atom. The topological polar surface area (TPSA) is 160 Å². The minimum absolute atomic E-state index is 0.0904. The molecular formula is C30H34FN4O7P. The molecule has 4 rings (SSSR count). The van der Waals surface area contributed by atoms with Crippen LogP contribution in [0.4, 0.5) is 4.39 Å². The summed E-state index contributed by atoms with van der Waals surface area (Å²) in [6.45, 7) is 2.24. The van der Waals surface area contributed by atoms with Crippen molar-refractivity contribution in [3.63, 3.8) is 0 Å². The van der Waals surface area contributed by atoms with Crippen molar-refractivity contribution in [3.05, 3.63) is 78.2 Å². The van der Waals surface area contributed by atoms with Crippen molar-refractivity contribution in [1.29, 1.82) is 0 Å². The number of aliphatic carboxylic acids is 1. The first-order valence-electron chi connectivity index (χ1n) is 13.9. The van der Waals surface area contributed by atoms with E-state index in [2.05, 4.69) is 15.2 Å². The third kappa shape index (κ3) is 9.26. The molecule has 0 radical (unpaired) electrons. The number of hydrogen-bond donors (Lipinski definition) is 4. The summed E-state index contributed by atoms with van der Waals surface area (Å²) in [4.78, 5) is 64.9. The number of nitrogens with one attached hydrogen (secondary N) is 1. The van der Waals surface area contributed by atoms with Gasteiger partial charge in [-0.3, -0.25) is 23.8 Å². The van der Waals surface area contributed by atoms with Crippen LogP contribution in [-0.2, 0) is 14.2 Å². The van der Waals surface area contributed by atoms with E-state index in [1.807, 2.05) is 30.3 Å². The van der Waals surface area contributed by atoms with Gasteiger partial charge in [0.05, 0.1) is 11.9 Å². The van der Waals surface area contributed by atoms with Crippen LogP contribution in [0.1, 0.15) is 29.8 Å². The molecule has 2 aromatic carbocycles. The Bertz CT molecular complexity index is 1490. The van der Waals surface area contributed by atoms with Gasteiger partial charge in [0.2, 0.25) is 5.91 Å². The second-order valence-electron chi connectivity index (χ2n) is 10.4. The van der Waals surface area contributed by atoms with Gasteiger partial charge in [-0.25, -0.2) is 9.37 Å². The third-order valence-electron chi connectivity index (χ3n) is 7.14. The first kappa shape index (κ1) is 32.0. The number of halogens is 1. The molecule has 1 aromatic heterocycles. The molecule has 0 aliphatic carbocycles. The second-order valence-corrected chi connectivity index (χ2v) is 12.1. The number of nitrogens with zero attached hydrogens (tertiary/aromatic N) is 3. The molecule has 3 aromatic rings. The maximum Gasteiger partial charge on any atom is 0.328 e. The van der Waals surface area contributed by atoms with Crippen LogP contribution in [0.15, 0.2) is 66.7 Å². The molecular weight excluding hydrogens is 578 g/mol. The Hall–Kier alpha value is -3.96. The average molecular weight is 613 g/mol. The molecule has 1 aliphatic rings. The first-order chi connectivity index (χ1) is 20.5. The van der Waals surface area contributed by atoms with E-state index in [9.17, 15) is 33.1 Å². The van der Waals surface area contributed by atoms with Crippen molar-refractivity contribution in [1.82, 2.24) is 20.1 Å². The van der Waals surface area contributed by atoms with Crippen molar-refractivity contribution in [2.75, 3.05) is 38.9 Å². The average Bonchev–Trinajstić information content (AvgIpc) is 2.98. The SMILES string of the molecule is O=C(O)CCCCN1CCN(C(=O)[C@H](CP(=O)(O)O)NC(=O)c2cc(-c3ccccc3)cc(-c3ccccc3F)n2)CC1. The number of aromatic nitrogens is 1.